The molecule has 0 fully saturated rings. The topological polar surface area (TPSA) is 49.7 Å². The van der Waals surface area contributed by atoms with Gasteiger partial charge in [0.2, 0.25) is 0 Å². The third kappa shape index (κ3) is 4.60. The molecule has 0 aromatic carbocycles. The molecule has 0 aliphatic rings. The molecule has 0 atom stereocenters. The van der Waals surface area contributed by atoms with Gasteiger partial charge in [-0.05, 0) is 19.3 Å². The van der Waals surface area contributed by atoms with Crippen LogP contribution >= 0.6 is 0 Å². The van der Waals surface area contributed by atoms with Crippen LogP contribution in [0.15, 0.2) is 0 Å². The minimum atomic E-state index is -0.270. The van der Waals surface area contributed by atoms with E-state index in [4.69, 9.17) is 14.9 Å². The van der Waals surface area contributed by atoms with E-state index in [0.29, 0.717) is 0 Å². The van der Waals surface area contributed by atoms with Crippen LogP contribution in [-0.4, -0.2) is 37.1 Å². The number of hydrogen-bond acceptors (Lipinski definition) is 3. The first-order chi connectivity index (χ1) is 6.24. The van der Waals surface area contributed by atoms with Crippen LogP contribution in [0, 0.1) is 5.41 Å². The lowest BCUT2D eigenvalue weighted by Crippen LogP contribution is -2.29. The minimum absolute atomic E-state index is 0.0764. The third-order valence-corrected chi connectivity index (χ3v) is 2.73. The summed E-state index contributed by atoms with van der Waals surface area (Å²) in [5.41, 5.74) is -0.270. The fraction of sp³-hybridized carbons (Fsp3) is 1.00. The van der Waals surface area contributed by atoms with Gasteiger partial charge in [0.25, 0.3) is 0 Å². The molecule has 80 valence electrons. The lowest BCUT2D eigenvalue weighted by molar-refractivity contribution is 0.0400. The second kappa shape index (κ2) is 7.30. The maximum absolute atomic E-state index is 9.14. The smallest absolute Gasteiger partial charge is 0.0509 e. The van der Waals surface area contributed by atoms with E-state index in [-0.39, 0.29) is 18.6 Å². The zero-order chi connectivity index (χ0) is 10.2. The van der Waals surface area contributed by atoms with Crippen LogP contribution in [0.4, 0.5) is 0 Å². The Hall–Kier alpha value is -0.120. The average molecular weight is 190 g/mol. The molecular formula is C10H22O3. The summed E-state index contributed by atoms with van der Waals surface area (Å²) >= 11 is 0. The van der Waals surface area contributed by atoms with E-state index in [0.717, 1.165) is 32.3 Å². The Morgan fingerprint density at radius 1 is 1.15 bits per heavy atom. The molecule has 0 saturated heterocycles. The van der Waals surface area contributed by atoms with E-state index in [2.05, 4.69) is 0 Å². The summed E-state index contributed by atoms with van der Waals surface area (Å²) in [5.74, 6) is 0. The molecule has 0 rings (SSSR count). The fourth-order valence-corrected chi connectivity index (χ4v) is 1.35. The number of aliphatic hydroxyl groups is 2. The summed E-state index contributed by atoms with van der Waals surface area (Å²) in [7, 11) is 1.69. The summed E-state index contributed by atoms with van der Waals surface area (Å²) in [6.45, 7) is 2.92. The molecule has 3 nitrogen and oxygen atoms in total. The summed E-state index contributed by atoms with van der Waals surface area (Å²) in [6.07, 6.45) is 3.70. The van der Waals surface area contributed by atoms with Gasteiger partial charge < -0.3 is 14.9 Å². The summed E-state index contributed by atoms with van der Waals surface area (Å²) in [5, 5.41) is 18.3. The highest BCUT2D eigenvalue weighted by Crippen LogP contribution is 2.27. The van der Waals surface area contributed by atoms with E-state index in [1.165, 1.54) is 0 Å². The summed E-state index contributed by atoms with van der Waals surface area (Å²) < 4.78 is 4.93. The van der Waals surface area contributed by atoms with Crippen molar-refractivity contribution < 1.29 is 14.9 Å². The lowest BCUT2D eigenvalue weighted by atomic mass is 9.82. The highest BCUT2D eigenvalue weighted by molar-refractivity contribution is 4.75. The Bertz CT molecular complexity index is 102. The van der Waals surface area contributed by atoms with Crippen LogP contribution < -0.4 is 0 Å². The standard InChI is InChI=1S/C10H22O3/c1-3-10(8-11,9-12)6-4-5-7-13-2/h11-12H,3-9H2,1-2H3. The van der Waals surface area contributed by atoms with Crippen molar-refractivity contribution in [1.82, 2.24) is 0 Å². The number of ether oxygens (including phenoxy) is 1. The Labute approximate surface area is 80.7 Å². The Balaban J connectivity index is 3.68. The number of aliphatic hydroxyl groups excluding tert-OH is 2. The Kier molecular flexibility index (Phi) is 7.23. The van der Waals surface area contributed by atoms with E-state index in [1.54, 1.807) is 7.11 Å². The van der Waals surface area contributed by atoms with Crippen LogP contribution in [0.1, 0.15) is 32.6 Å². The lowest BCUT2D eigenvalue weighted by Gasteiger charge is -2.28. The quantitative estimate of drug-likeness (QED) is 0.565. The van der Waals surface area contributed by atoms with E-state index in [1.807, 2.05) is 6.92 Å². The SMILES string of the molecule is CCC(CO)(CO)CCCCOC. The molecule has 0 amide bonds. The van der Waals surface area contributed by atoms with Gasteiger partial charge in [-0.15, -0.1) is 0 Å². The zero-order valence-electron chi connectivity index (χ0n) is 8.75. The normalized spacial score (nSPS) is 12.0. The molecule has 2 N–H and O–H groups in total. The first kappa shape index (κ1) is 12.9. The molecule has 0 aromatic rings. The predicted octanol–water partition coefficient (Wildman–Crippen LogP) is 1.18. The maximum atomic E-state index is 9.14. The summed E-state index contributed by atoms with van der Waals surface area (Å²) in [6, 6.07) is 0. The van der Waals surface area contributed by atoms with Gasteiger partial charge in [0.1, 0.15) is 0 Å². The van der Waals surface area contributed by atoms with Gasteiger partial charge in [-0.2, -0.15) is 0 Å². The highest BCUT2D eigenvalue weighted by Gasteiger charge is 2.25. The zero-order valence-corrected chi connectivity index (χ0v) is 8.75. The van der Waals surface area contributed by atoms with Crippen LogP contribution in [0.5, 0.6) is 0 Å². The van der Waals surface area contributed by atoms with Gasteiger partial charge in [0.15, 0.2) is 0 Å². The van der Waals surface area contributed by atoms with Crippen molar-refractivity contribution >= 4 is 0 Å². The van der Waals surface area contributed by atoms with E-state index >= 15 is 0 Å². The molecule has 0 aliphatic carbocycles. The predicted molar refractivity (Wildman–Crippen MR) is 52.6 cm³/mol. The maximum Gasteiger partial charge on any atom is 0.0509 e. The largest absolute Gasteiger partial charge is 0.396 e. The van der Waals surface area contributed by atoms with Crippen LogP contribution in [0.2, 0.25) is 0 Å². The van der Waals surface area contributed by atoms with Gasteiger partial charge in [-0.3, -0.25) is 0 Å². The van der Waals surface area contributed by atoms with Gasteiger partial charge in [0.05, 0.1) is 13.2 Å². The van der Waals surface area contributed by atoms with Gasteiger partial charge in [-0.1, -0.05) is 13.3 Å². The fourth-order valence-electron chi connectivity index (χ4n) is 1.35. The molecule has 0 unspecified atom stereocenters. The number of methoxy groups -OCH3 is 1. The molecule has 3 heteroatoms. The molecule has 0 bridgehead atoms. The Morgan fingerprint density at radius 3 is 2.15 bits per heavy atom. The van der Waals surface area contributed by atoms with Crippen LogP contribution in [0.25, 0.3) is 0 Å². The Morgan fingerprint density at radius 2 is 1.77 bits per heavy atom. The number of rotatable bonds is 8. The molecule has 0 aliphatic heterocycles. The van der Waals surface area contributed by atoms with Crippen molar-refractivity contribution in [3.8, 4) is 0 Å². The van der Waals surface area contributed by atoms with Gasteiger partial charge in [-0.25, -0.2) is 0 Å². The van der Waals surface area contributed by atoms with Crippen LogP contribution in [-0.2, 0) is 4.74 Å². The minimum Gasteiger partial charge on any atom is -0.396 e. The molecule has 0 aromatic heterocycles. The average Bonchev–Trinajstić information content (AvgIpc) is 2.20. The van der Waals surface area contributed by atoms with Crippen molar-refractivity contribution in [2.45, 2.75) is 32.6 Å². The molecule has 0 radical (unpaired) electrons. The molecule has 0 spiro atoms. The van der Waals surface area contributed by atoms with Crippen molar-refractivity contribution in [2.24, 2.45) is 5.41 Å². The molecule has 0 heterocycles. The first-order valence-electron chi connectivity index (χ1n) is 4.95. The highest BCUT2D eigenvalue weighted by atomic mass is 16.5. The summed E-state index contributed by atoms with van der Waals surface area (Å²) in [4.78, 5) is 0. The second-order valence-electron chi connectivity index (χ2n) is 3.62. The van der Waals surface area contributed by atoms with Gasteiger partial charge >= 0.3 is 0 Å². The van der Waals surface area contributed by atoms with E-state index < -0.39 is 0 Å². The molecular weight excluding hydrogens is 168 g/mol. The van der Waals surface area contributed by atoms with Crippen molar-refractivity contribution in [2.75, 3.05) is 26.9 Å². The monoisotopic (exact) mass is 190 g/mol. The molecule has 0 saturated carbocycles. The second-order valence-corrected chi connectivity index (χ2v) is 3.62. The van der Waals surface area contributed by atoms with Crippen molar-refractivity contribution in [3.05, 3.63) is 0 Å². The molecule has 13 heavy (non-hydrogen) atoms. The van der Waals surface area contributed by atoms with Crippen molar-refractivity contribution in [1.29, 1.82) is 0 Å². The third-order valence-electron chi connectivity index (χ3n) is 2.73. The van der Waals surface area contributed by atoms with Crippen molar-refractivity contribution in [3.63, 3.8) is 0 Å². The van der Waals surface area contributed by atoms with Gasteiger partial charge in [0, 0.05) is 19.1 Å². The first-order valence-corrected chi connectivity index (χ1v) is 4.95. The van der Waals surface area contributed by atoms with Crippen LogP contribution in [0.3, 0.4) is 0 Å². The van der Waals surface area contributed by atoms with E-state index in [9.17, 15) is 0 Å². The number of unbranched alkanes of at least 4 members (excludes halogenated alkanes) is 1. The number of hydrogen-bond donors (Lipinski definition) is 2.